The van der Waals surface area contributed by atoms with Gasteiger partial charge in [-0.2, -0.15) is 5.10 Å². The standard InChI is InChI=1S/C16H28N4O/c1-5-14(20-8-6-7-9-20)11-17-16(21)10-15-12(2)18-19(4)13(15)3/h14H,5-11H2,1-4H3,(H,17,21). The zero-order valence-electron chi connectivity index (χ0n) is 13.8. The molecule has 1 aromatic heterocycles. The normalized spacial score (nSPS) is 17.1. The summed E-state index contributed by atoms with van der Waals surface area (Å²) in [6.07, 6.45) is 4.10. The van der Waals surface area contributed by atoms with Crippen LogP contribution >= 0.6 is 0 Å². The minimum absolute atomic E-state index is 0.104. The molecule has 5 heteroatoms. The molecule has 1 atom stereocenters. The molecular weight excluding hydrogens is 264 g/mol. The molecule has 0 saturated carbocycles. The van der Waals surface area contributed by atoms with Crippen LogP contribution in [0.1, 0.15) is 43.1 Å². The first kappa shape index (κ1) is 16.0. The number of aromatic nitrogens is 2. The van der Waals surface area contributed by atoms with Crippen LogP contribution in [0.5, 0.6) is 0 Å². The Morgan fingerprint density at radius 2 is 2.00 bits per heavy atom. The Labute approximate surface area is 127 Å². The number of nitrogens with one attached hydrogen (secondary N) is 1. The summed E-state index contributed by atoms with van der Waals surface area (Å²) in [7, 11) is 1.92. The predicted octanol–water partition coefficient (Wildman–Crippen LogP) is 1.57. The maximum absolute atomic E-state index is 12.2. The Bertz CT molecular complexity index is 489. The monoisotopic (exact) mass is 292 g/mol. The SMILES string of the molecule is CCC(CNC(=O)Cc1c(C)nn(C)c1C)N1CCCC1. The summed E-state index contributed by atoms with van der Waals surface area (Å²) < 4.78 is 1.84. The highest BCUT2D eigenvalue weighted by atomic mass is 16.1. The molecule has 1 aromatic rings. The van der Waals surface area contributed by atoms with Gasteiger partial charge in [0.1, 0.15) is 0 Å². The second-order valence-electron chi connectivity index (χ2n) is 6.06. The van der Waals surface area contributed by atoms with Crippen LogP contribution in [-0.2, 0) is 18.3 Å². The molecule has 0 radical (unpaired) electrons. The molecular formula is C16H28N4O. The Kier molecular flexibility index (Phi) is 5.39. The van der Waals surface area contributed by atoms with E-state index < -0.39 is 0 Å². The lowest BCUT2D eigenvalue weighted by molar-refractivity contribution is -0.120. The average Bonchev–Trinajstić information content (AvgIpc) is 3.05. The lowest BCUT2D eigenvalue weighted by Gasteiger charge is -2.26. The van der Waals surface area contributed by atoms with Crippen molar-refractivity contribution in [1.29, 1.82) is 0 Å². The highest BCUT2D eigenvalue weighted by Gasteiger charge is 2.21. The second kappa shape index (κ2) is 7.07. The molecule has 2 rings (SSSR count). The number of hydrogen-bond acceptors (Lipinski definition) is 3. The second-order valence-corrected chi connectivity index (χ2v) is 6.06. The summed E-state index contributed by atoms with van der Waals surface area (Å²) in [5.74, 6) is 0.104. The highest BCUT2D eigenvalue weighted by Crippen LogP contribution is 2.14. The van der Waals surface area contributed by atoms with E-state index in [9.17, 15) is 4.79 Å². The highest BCUT2D eigenvalue weighted by molar-refractivity contribution is 5.79. The van der Waals surface area contributed by atoms with Gasteiger partial charge in [0.15, 0.2) is 0 Å². The first-order valence-electron chi connectivity index (χ1n) is 8.02. The van der Waals surface area contributed by atoms with Crippen LogP contribution in [0.4, 0.5) is 0 Å². The smallest absolute Gasteiger partial charge is 0.224 e. The molecule has 0 spiro atoms. The van der Waals surface area contributed by atoms with Crippen molar-refractivity contribution in [2.45, 2.75) is 52.5 Å². The van der Waals surface area contributed by atoms with Gasteiger partial charge in [-0.15, -0.1) is 0 Å². The van der Waals surface area contributed by atoms with Crippen molar-refractivity contribution < 1.29 is 4.79 Å². The Morgan fingerprint density at radius 1 is 1.33 bits per heavy atom. The van der Waals surface area contributed by atoms with Crippen molar-refractivity contribution in [3.8, 4) is 0 Å². The largest absolute Gasteiger partial charge is 0.354 e. The van der Waals surface area contributed by atoms with Crippen molar-refractivity contribution in [3.05, 3.63) is 17.0 Å². The van der Waals surface area contributed by atoms with Gasteiger partial charge in [-0.1, -0.05) is 6.92 Å². The number of carbonyl (C=O) groups is 1. The number of amides is 1. The summed E-state index contributed by atoms with van der Waals surface area (Å²) in [4.78, 5) is 14.7. The molecule has 0 bridgehead atoms. The summed E-state index contributed by atoms with van der Waals surface area (Å²) >= 11 is 0. The summed E-state index contributed by atoms with van der Waals surface area (Å²) in [6, 6.07) is 0.479. The lowest BCUT2D eigenvalue weighted by Crippen LogP contribution is -2.42. The molecule has 118 valence electrons. The van der Waals surface area contributed by atoms with E-state index >= 15 is 0 Å². The van der Waals surface area contributed by atoms with Gasteiger partial charge >= 0.3 is 0 Å². The van der Waals surface area contributed by atoms with E-state index in [0.717, 1.165) is 29.9 Å². The Hall–Kier alpha value is -1.36. The number of nitrogens with zero attached hydrogens (tertiary/aromatic N) is 3. The van der Waals surface area contributed by atoms with Crippen molar-refractivity contribution in [1.82, 2.24) is 20.0 Å². The van der Waals surface area contributed by atoms with Crippen molar-refractivity contribution in [2.24, 2.45) is 7.05 Å². The van der Waals surface area contributed by atoms with E-state index in [1.54, 1.807) is 0 Å². The summed E-state index contributed by atoms with van der Waals surface area (Å²) in [5, 5.41) is 7.47. The molecule has 1 unspecified atom stereocenters. The molecule has 0 aliphatic carbocycles. The average molecular weight is 292 g/mol. The van der Waals surface area contributed by atoms with Crippen molar-refractivity contribution >= 4 is 5.91 Å². The molecule has 5 nitrogen and oxygen atoms in total. The van der Waals surface area contributed by atoms with Crippen LogP contribution in [-0.4, -0.2) is 46.3 Å². The van der Waals surface area contributed by atoms with Crippen LogP contribution in [0, 0.1) is 13.8 Å². The van der Waals surface area contributed by atoms with Crippen LogP contribution < -0.4 is 5.32 Å². The maximum atomic E-state index is 12.2. The Balaban J connectivity index is 1.86. The minimum atomic E-state index is 0.104. The van der Waals surface area contributed by atoms with Crippen molar-refractivity contribution in [2.75, 3.05) is 19.6 Å². The number of rotatable bonds is 6. The third kappa shape index (κ3) is 3.84. The van der Waals surface area contributed by atoms with Crippen LogP contribution in [0.15, 0.2) is 0 Å². The molecule has 1 amide bonds. The minimum Gasteiger partial charge on any atom is -0.354 e. The van der Waals surface area contributed by atoms with Crippen molar-refractivity contribution in [3.63, 3.8) is 0 Å². The van der Waals surface area contributed by atoms with Gasteiger partial charge < -0.3 is 5.32 Å². The Morgan fingerprint density at radius 3 is 2.52 bits per heavy atom. The molecule has 1 saturated heterocycles. The van der Waals surface area contributed by atoms with Crippen LogP contribution in [0.3, 0.4) is 0 Å². The summed E-state index contributed by atoms with van der Waals surface area (Å²) in [5.41, 5.74) is 3.09. The number of likely N-dealkylation sites (tertiary alicyclic amines) is 1. The van der Waals surface area contributed by atoms with Gasteiger partial charge in [-0.05, 0) is 46.2 Å². The molecule has 1 N–H and O–H groups in total. The zero-order chi connectivity index (χ0) is 15.4. The maximum Gasteiger partial charge on any atom is 0.224 e. The molecule has 2 heterocycles. The van der Waals surface area contributed by atoms with Crippen LogP contribution in [0.2, 0.25) is 0 Å². The summed E-state index contributed by atoms with van der Waals surface area (Å²) in [6.45, 7) is 9.29. The number of carbonyl (C=O) groups excluding carboxylic acids is 1. The van der Waals surface area contributed by atoms with Gasteiger partial charge in [0.25, 0.3) is 0 Å². The zero-order valence-corrected chi connectivity index (χ0v) is 13.8. The lowest BCUT2D eigenvalue weighted by atomic mass is 10.1. The molecule has 1 aliphatic heterocycles. The fourth-order valence-corrected chi connectivity index (χ4v) is 3.17. The fourth-order valence-electron chi connectivity index (χ4n) is 3.17. The van der Waals surface area contributed by atoms with E-state index in [4.69, 9.17) is 0 Å². The predicted molar refractivity (Wildman–Crippen MR) is 84.3 cm³/mol. The van der Waals surface area contributed by atoms with Crippen LogP contribution in [0.25, 0.3) is 0 Å². The van der Waals surface area contributed by atoms with Gasteiger partial charge in [-0.3, -0.25) is 14.4 Å². The number of aryl methyl sites for hydroxylation is 2. The molecule has 21 heavy (non-hydrogen) atoms. The van der Waals surface area contributed by atoms with E-state index in [1.165, 1.54) is 25.9 Å². The first-order chi connectivity index (χ1) is 10.0. The van der Waals surface area contributed by atoms with Gasteiger partial charge in [0.05, 0.1) is 12.1 Å². The van der Waals surface area contributed by atoms with E-state index in [0.29, 0.717) is 12.5 Å². The van der Waals surface area contributed by atoms with E-state index in [-0.39, 0.29) is 5.91 Å². The fraction of sp³-hybridized carbons (Fsp3) is 0.750. The van der Waals surface area contributed by atoms with Gasteiger partial charge in [-0.25, -0.2) is 0 Å². The third-order valence-corrected chi connectivity index (χ3v) is 4.66. The van der Waals surface area contributed by atoms with Gasteiger partial charge in [0.2, 0.25) is 5.91 Å². The molecule has 1 aliphatic rings. The first-order valence-corrected chi connectivity index (χ1v) is 8.02. The van der Waals surface area contributed by atoms with Gasteiger partial charge in [0, 0.05) is 30.9 Å². The van der Waals surface area contributed by atoms with E-state index in [2.05, 4.69) is 22.2 Å². The quantitative estimate of drug-likeness (QED) is 0.866. The third-order valence-electron chi connectivity index (χ3n) is 4.66. The van der Waals surface area contributed by atoms with E-state index in [1.807, 2.05) is 25.6 Å². The molecule has 1 fully saturated rings. The number of hydrogen-bond donors (Lipinski definition) is 1. The topological polar surface area (TPSA) is 50.2 Å². The molecule has 0 aromatic carbocycles.